The molecular weight excluding hydrogens is 163 g/mol. The second-order valence-electron chi connectivity index (χ2n) is 3.08. The van der Waals surface area contributed by atoms with Gasteiger partial charge in [0.2, 0.25) is 0 Å². The number of hydrogen-bond acceptors (Lipinski definition) is 0. The van der Waals surface area contributed by atoms with Crippen molar-refractivity contribution < 1.29 is 0 Å². The molecule has 0 aliphatic carbocycles. The molecule has 0 aromatic heterocycles. The van der Waals surface area contributed by atoms with E-state index in [-0.39, 0.29) is 0 Å². The molecule has 0 saturated carbocycles. The van der Waals surface area contributed by atoms with Crippen LogP contribution in [0.3, 0.4) is 0 Å². The summed E-state index contributed by atoms with van der Waals surface area (Å²) in [6, 6.07) is 0. The summed E-state index contributed by atoms with van der Waals surface area (Å²) in [5.74, 6) is -1.68. The van der Waals surface area contributed by atoms with Crippen LogP contribution >= 0.6 is 17.2 Å². The zero-order valence-electron chi connectivity index (χ0n) is 7.65. The molecule has 0 atom stereocenters. The molecule has 0 amide bonds. The molecule has 0 bridgehead atoms. The Morgan fingerprint density at radius 1 is 0.800 bits per heavy atom. The van der Waals surface area contributed by atoms with Crippen LogP contribution in [0, 0.1) is 0 Å². The van der Waals surface area contributed by atoms with Crippen LogP contribution < -0.4 is 0 Å². The molecule has 0 heterocycles. The van der Waals surface area contributed by atoms with Crippen molar-refractivity contribution in [2.24, 2.45) is 0 Å². The zero-order valence-corrected chi connectivity index (χ0v) is 9.30. The molecule has 0 N–H and O–H groups in total. The monoisotopic (exact) mass is 182 g/mol. The fourth-order valence-electron chi connectivity index (χ4n) is 1.34. The van der Waals surface area contributed by atoms with E-state index < -0.39 is 5.96 Å². The van der Waals surface area contributed by atoms with Crippen LogP contribution in [0.4, 0.5) is 0 Å². The van der Waals surface area contributed by atoms with Crippen LogP contribution in [0.15, 0.2) is 0 Å². The summed E-state index contributed by atoms with van der Waals surface area (Å²) < 4.78 is 0. The molecule has 10 heavy (non-hydrogen) atoms. The molecule has 0 saturated heterocycles. The van der Waals surface area contributed by atoms with E-state index in [4.69, 9.17) is 11.2 Å². The summed E-state index contributed by atoms with van der Waals surface area (Å²) in [5.41, 5.74) is 0. The third-order valence-electron chi connectivity index (χ3n) is 3.16. The van der Waals surface area contributed by atoms with Gasteiger partial charge in [0.05, 0.1) is 0 Å². The summed E-state index contributed by atoms with van der Waals surface area (Å²) in [6.07, 6.45) is 4.82. The Bertz CT molecular complexity index is 84.3. The van der Waals surface area contributed by atoms with Gasteiger partial charge >= 0.3 is 69.5 Å². The van der Waals surface area contributed by atoms with Crippen molar-refractivity contribution in [1.82, 2.24) is 0 Å². The maximum atomic E-state index is 6.67. The standard InChI is InChI=1S/C8H20ClP/c1-5-10(9,6-2,7-3)8-4/h5-8H2,1-4H3. The van der Waals surface area contributed by atoms with Crippen LogP contribution in [0.25, 0.3) is 0 Å². The first-order valence-corrected chi connectivity index (χ1v) is 8.14. The Morgan fingerprint density at radius 3 is 1.00 bits per heavy atom. The Morgan fingerprint density at radius 2 is 1.00 bits per heavy atom. The fourth-order valence-corrected chi connectivity index (χ4v) is 4.02. The van der Waals surface area contributed by atoms with E-state index in [2.05, 4.69) is 27.7 Å². The normalized spacial score (nSPS) is 16.3. The summed E-state index contributed by atoms with van der Waals surface area (Å²) in [5, 5.41) is 0. The van der Waals surface area contributed by atoms with Gasteiger partial charge in [-0.1, -0.05) is 0 Å². The fraction of sp³-hybridized carbons (Fsp3) is 1.00. The Hall–Kier alpha value is 0.720. The number of halogens is 1. The first kappa shape index (κ1) is 10.7. The second-order valence-corrected chi connectivity index (χ2v) is 12.1. The number of hydrogen-bond donors (Lipinski definition) is 0. The van der Waals surface area contributed by atoms with Gasteiger partial charge in [0.1, 0.15) is 0 Å². The maximum absolute atomic E-state index is 6.67. The van der Waals surface area contributed by atoms with Gasteiger partial charge in [0.15, 0.2) is 0 Å². The van der Waals surface area contributed by atoms with Crippen molar-refractivity contribution in [1.29, 1.82) is 0 Å². The molecule has 0 aliphatic rings. The predicted octanol–water partition coefficient (Wildman–Crippen LogP) is 3.77. The van der Waals surface area contributed by atoms with Crippen LogP contribution in [0.2, 0.25) is 0 Å². The summed E-state index contributed by atoms with van der Waals surface area (Å²) >= 11 is 6.67. The minimum atomic E-state index is -1.68. The van der Waals surface area contributed by atoms with Gasteiger partial charge in [-0.25, -0.2) is 0 Å². The van der Waals surface area contributed by atoms with Gasteiger partial charge in [-0.15, -0.1) is 0 Å². The summed E-state index contributed by atoms with van der Waals surface area (Å²) in [6.45, 7) is 8.95. The van der Waals surface area contributed by atoms with Crippen molar-refractivity contribution in [3.05, 3.63) is 0 Å². The zero-order chi connectivity index (χ0) is 8.28. The van der Waals surface area contributed by atoms with E-state index in [1.54, 1.807) is 0 Å². The molecule has 0 radical (unpaired) electrons. The third-order valence-corrected chi connectivity index (χ3v) is 12.4. The third kappa shape index (κ3) is 1.86. The van der Waals surface area contributed by atoms with E-state index >= 15 is 0 Å². The van der Waals surface area contributed by atoms with Crippen LogP contribution in [0.5, 0.6) is 0 Å². The average molecular weight is 183 g/mol. The summed E-state index contributed by atoms with van der Waals surface area (Å²) in [7, 11) is 0. The Balaban J connectivity index is 4.42. The quantitative estimate of drug-likeness (QED) is 0.581. The van der Waals surface area contributed by atoms with Crippen molar-refractivity contribution in [3.8, 4) is 0 Å². The Labute approximate surface area is 70.1 Å². The van der Waals surface area contributed by atoms with Crippen LogP contribution in [0.1, 0.15) is 27.7 Å². The molecular formula is C8H20ClP. The molecule has 0 fully saturated rings. The SMILES string of the molecule is CCP(Cl)(CC)(CC)CC. The van der Waals surface area contributed by atoms with Crippen molar-refractivity contribution in [2.75, 3.05) is 24.6 Å². The van der Waals surface area contributed by atoms with E-state index in [1.165, 1.54) is 24.6 Å². The first-order chi connectivity index (χ1) is 4.54. The van der Waals surface area contributed by atoms with Gasteiger partial charge in [0.25, 0.3) is 0 Å². The van der Waals surface area contributed by atoms with Crippen LogP contribution in [-0.4, -0.2) is 24.6 Å². The molecule has 0 rings (SSSR count). The topological polar surface area (TPSA) is 0 Å². The van der Waals surface area contributed by atoms with E-state index in [0.29, 0.717) is 0 Å². The average Bonchev–Trinajstić information content (AvgIpc) is 2.04. The first-order valence-electron chi connectivity index (χ1n) is 4.26. The molecule has 0 aromatic rings. The molecule has 0 nitrogen and oxygen atoms in total. The van der Waals surface area contributed by atoms with E-state index in [1.807, 2.05) is 0 Å². The molecule has 64 valence electrons. The molecule has 0 aliphatic heterocycles. The molecule has 0 unspecified atom stereocenters. The van der Waals surface area contributed by atoms with Gasteiger partial charge in [-0.3, -0.25) is 0 Å². The number of rotatable bonds is 4. The van der Waals surface area contributed by atoms with E-state index in [9.17, 15) is 0 Å². The summed E-state index contributed by atoms with van der Waals surface area (Å²) in [4.78, 5) is 0. The van der Waals surface area contributed by atoms with Crippen LogP contribution in [-0.2, 0) is 0 Å². The van der Waals surface area contributed by atoms with Gasteiger partial charge in [0, 0.05) is 0 Å². The van der Waals surface area contributed by atoms with E-state index in [0.717, 1.165) is 0 Å². The molecule has 2 heteroatoms. The second kappa shape index (κ2) is 3.41. The molecule has 0 spiro atoms. The van der Waals surface area contributed by atoms with Gasteiger partial charge < -0.3 is 0 Å². The molecule has 0 aromatic carbocycles. The van der Waals surface area contributed by atoms with Gasteiger partial charge in [-0.2, -0.15) is 0 Å². The van der Waals surface area contributed by atoms with Crippen molar-refractivity contribution >= 4 is 17.2 Å². The predicted molar refractivity (Wildman–Crippen MR) is 54.9 cm³/mol. The van der Waals surface area contributed by atoms with Crippen molar-refractivity contribution in [2.45, 2.75) is 27.7 Å². The Kier molecular flexibility index (Phi) is 3.66. The van der Waals surface area contributed by atoms with Gasteiger partial charge in [-0.05, 0) is 0 Å². The van der Waals surface area contributed by atoms with Crippen molar-refractivity contribution in [3.63, 3.8) is 0 Å². The minimum absolute atomic E-state index is 1.21.